The molecule has 5 heteroatoms. The van der Waals surface area contributed by atoms with E-state index in [1.165, 1.54) is 0 Å². The Labute approximate surface area is 146 Å². The third-order valence-corrected chi connectivity index (χ3v) is 4.33. The van der Waals surface area contributed by atoms with Crippen LogP contribution >= 0.6 is 0 Å². The van der Waals surface area contributed by atoms with Crippen molar-refractivity contribution in [1.29, 1.82) is 0 Å². The number of nitrogens with one attached hydrogen (secondary N) is 1. The second kappa shape index (κ2) is 7.83. The van der Waals surface area contributed by atoms with Crippen molar-refractivity contribution in [2.45, 2.75) is 32.1 Å². The third-order valence-electron chi connectivity index (χ3n) is 4.33. The molecule has 0 bridgehead atoms. The molecule has 1 aliphatic rings. The molecular weight excluding hydrogens is 318 g/mol. The SMILES string of the molecule is CCCCC(=O)ONC(=O)OCC1c2ccccc2-c2ccccc21. The predicted octanol–water partition coefficient (Wildman–Crippen LogP) is 4.17. The van der Waals surface area contributed by atoms with Crippen LogP contribution in [-0.2, 0) is 14.4 Å². The van der Waals surface area contributed by atoms with Crippen LogP contribution < -0.4 is 5.48 Å². The number of carbonyl (C=O) groups is 2. The summed E-state index contributed by atoms with van der Waals surface area (Å²) in [4.78, 5) is 27.9. The van der Waals surface area contributed by atoms with E-state index in [1.807, 2.05) is 43.3 Å². The average molecular weight is 339 g/mol. The van der Waals surface area contributed by atoms with Gasteiger partial charge in [-0.1, -0.05) is 61.9 Å². The summed E-state index contributed by atoms with van der Waals surface area (Å²) >= 11 is 0. The van der Waals surface area contributed by atoms with E-state index in [0.29, 0.717) is 0 Å². The number of fused-ring (bicyclic) bond motifs is 3. The fourth-order valence-corrected chi connectivity index (χ4v) is 3.10. The molecule has 2 aromatic rings. The minimum absolute atomic E-state index is 0.0195. The van der Waals surface area contributed by atoms with E-state index >= 15 is 0 Å². The van der Waals surface area contributed by atoms with Gasteiger partial charge in [-0.2, -0.15) is 0 Å². The number of hydrogen-bond donors (Lipinski definition) is 1. The summed E-state index contributed by atoms with van der Waals surface area (Å²) in [5.74, 6) is -0.482. The normalized spacial score (nSPS) is 12.2. The van der Waals surface area contributed by atoms with Crippen LogP contribution in [0.5, 0.6) is 0 Å². The molecule has 1 N–H and O–H groups in total. The van der Waals surface area contributed by atoms with Crippen LogP contribution in [-0.4, -0.2) is 18.7 Å². The van der Waals surface area contributed by atoms with Crippen LogP contribution in [0.25, 0.3) is 11.1 Å². The van der Waals surface area contributed by atoms with Crippen molar-refractivity contribution in [3.8, 4) is 11.1 Å². The maximum absolute atomic E-state index is 11.8. The van der Waals surface area contributed by atoms with E-state index in [-0.39, 0.29) is 18.9 Å². The van der Waals surface area contributed by atoms with Gasteiger partial charge in [0.15, 0.2) is 0 Å². The van der Waals surface area contributed by atoms with E-state index in [9.17, 15) is 9.59 Å². The van der Waals surface area contributed by atoms with Crippen molar-refractivity contribution in [3.05, 3.63) is 59.7 Å². The Hall–Kier alpha value is -2.82. The molecule has 0 aromatic heterocycles. The molecule has 2 aromatic carbocycles. The fraction of sp³-hybridized carbons (Fsp3) is 0.300. The molecule has 1 amide bonds. The highest BCUT2D eigenvalue weighted by molar-refractivity contribution is 5.79. The molecule has 1 aliphatic carbocycles. The van der Waals surface area contributed by atoms with Crippen LogP contribution in [0.2, 0.25) is 0 Å². The lowest BCUT2D eigenvalue weighted by Crippen LogP contribution is -2.28. The summed E-state index contributed by atoms with van der Waals surface area (Å²) in [6, 6.07) is 16.2. The van der Waals surface area contributed by atoms with Crippen molar-refractivity contribution in [2.75, 3.05) is 6.61 Å². The maximum Gasteiger partial charge on any atom is 0.440 e. The topological polar surface area (TPSA) is 64.6 Å². The van der Waals surface area contributed by atoms with Gasteiger partial charge in [-0.3, -0.25) is 0 Å². The van der Waals surface area contributed by atoms with Gasteiger partial charge in [-0.05, 0) is 28.7 Å². The zero-order valence-corrected chi connectivity index (χ0v) is 14.2. The van der Waals surface area contributed by atoms with Gasteiger partial charge < -0.3 is 9.57 Å². The fourth-order valence-electron chi connectivity index (χ4n) is 3.10. The Bertz CT molecular complexity index is 726. The van der Waals surface area contributed by atoms with Crippen LogP contribution in [0.1, 0.15) is 43.2 Å². The van der Waals surface area contributed by atoms with Gasteiger partial charge in [0, 0.05) is 12.3 Å². The number of unbranched alkanes of at least 4 members (excludes halogenated alkanes) is 1. The van der Waals surface area contributed by atoms with Crippen molar-refractivity contribution in [3.63, 3.8) is 0 Å². The molecular formula is C20H21NO4. The summed E-state index contributed by atoms with van der Waals surface area (Å²) in [5.41, 5.74) is 6.65. The highest BCUT2D eigenvalue weighted by Gasteiger charge is 2.29. The summed E-state index contributed by atoms with van der Waals surface area (Å²) in [6.07, 6.45) is 1.14. The second-order valence-corrected chi connectivity index (χ2v) is 6.01. The Morgan fingerprint density at radius 2 is 1.60 bits per heavy atom. The van der Waals surface area contributed by atoms with E-state index < -0.39 is 12.1 Å². The second-order valence-electron chi connectivity index (χ2n) is 6.01. The molecule has 25 heavy (non-hydrogen) atoms. The van der Waals surface area contributed by atoms with Crippen LogP contribution in [0, 0.1) is 0 Å². The Kier molecular flexibility index (Phi) is 5.33. The number of hydrogen-bond acceptors (Lipinski definition) is 4. The summed E-state index contributed by atoms with van der Waals surface area (Å²) in [5, 5.41) is 0. The summed E-state index contributed by atoms with van der Waals surface area (Å²) in [6.45, 7) is 2.17. The number of benzene rings is 2. The standard InChI is InChI=1S/C20H21NO4/c1-2-3-12-19(22)25-21-20(23)24-13-18-16-10-6-4-8-14(16)15-9-5-7-11-17(15)18/h4-11,18H,2-3,12-13H2,1H3,(H,21,23). The first-order valence-electron chi connectivity index (χ1n) is 8.51. The molecule has 0 heterocycles. The summed E-state index contributed by atoms with van der Waals surface area (Å²) < 4.78 is 5.27. The molecule has 0 spiro atoms. The smallest absolute Gasteiger partial charge is 0.440 e. The van der Waals surface area contributed by atoms with Gasteiger partial charge in [0.1, 0.15) is 6.61 Å². The molecule has 0 radical (unpaired) electrons. The van der Waals surface area contributed by atoms with Gasteiger partial charge in [0.25, 0.3) is 0 Å². The van der Waals surface area contributed by atoms with Gasteiger partial charge in [-0.25, -0.2) is 9.59 Å². The molecule has 0 atom stereocenters. The Balaban J connectivity index is 1.60. The highest BCUT2D eigenvalue weighted by atomic mass is 16.7. The minimum atomic E-state index is -0.758. The molecule has 130 valence electrons. The van der Waals surface area contributed by atoms with Crippen molar-refractivity contribution >= 4 is 12.1 Å². The minimum Gasteiger partial charge on any atom is -0.446 e. The van der Waals surface area contributed by atoms with Crippen molar-refractivity contribution < 1.29 is 19.2 Å². The lowest BCUT2D eigenvalue weighted by Gasteiger charge is -2.14. The van der Waals surface area contributed by atoms with Crippen molar-refractivity contribution in [1.82, 2.24) is 5.48 Å². The van der Waals surface area contributed by atoms with E-state index in [0.717, 1.165) is 35.1 Å². The number of carbonyl (C=O) groups excluding carboxylic acids is 2. The Morgan fingerprint density at radius 1 is 1.00 bits per heavy atom. The van der Waals surface area contributed by atoms with Crippen LogP contribution in [0.3, 0.4) is 0 Å². The predicted molar refractivity (Wildman–Crippen MR) is 93.8 cm³/mol. The van der Waals surface area contributed by atoms with Crippen molar-refractivity contribution in [2.24, 2.45) is 0 Å². The first-order valence-corrected chi connectivity index (χ1v) is 8.51. The highest BCUT2D eigenvalue weighted by Crippen LogP contribution is 2.44. The zero-order valence-electron chi connectivity index (χ0n) is 14.2. The molecule has 0 aliphatic heterocycles. The number of hydroxylamine groups is 1. The number of rotatable bonds is 5. The molecule has 3 rings (SSSR count). The van der Waals surface area contributed by atoms with E-state index in [2.05, 4.69) is 17.6 Å². The first-order chi connectivity index (χ1) is 12.2. The summed E-state index contributed by atoms with van der Waals surface area (Å²) in [7, 11) is 0. The number of ether oxygens (including phenoxy) is 1. The van der Waals surface area contributed by atoms with Gasteiger partial charge in [-0.15, -0.1) is 5.48 Å². The Morgan fingerprint density at radius 3 is 2.20 bits per heavy atom. The number of amides is 1. The molecule has 5 nitrogen and oxygen atoms in total. The van der Waals surface area contributed by atoms with E-state index in [1.54, 1.807) is 0 Å². The zero-order chi connectivity index (χ0) is 17.6. The third kappa shape index (κ3) is 3.82. The molecule has 0 unspecified atom stereocenters. The van der Waals surface area contributed by atoms with Gasteiger partial charge in [0.05, 0.1) is 0 Å². The molecule has 0 fully saturated rings. The average Bonchev–Trinajstić information content (AvgIpc) is 2.97. The maximum atomic E-state index is 11.8. The lowest BCUT2D eigenvalue weighted by atomic mass is 9.98. The monoisotopic (exact) mass is 339 g/mol. The molecule has 0 saturated carbocycles. The van der Waals surface area contributed by atoms with Gasteiger partial charge in [0.2, 0.25) is 0 Å². The van der Waals surface area contributed by atoms with Crippen LogP contribution in [0.4, 0.5) is 4.79 Å². The van der Waals surface area contributed by atoms with Crippen LogP contribution in [0.15, 0.2) is 48.5 Å². The largest absolute Gasteiger partial charge is 0.446 e. The lowest BCUT2D eigenvalue weighted by molar-refractivity contribution is -0.149. The van der Waals surface area contributed by atoms with Gasteiger partial charge >= 0.3 is 12.1 Å². The van der Waals surface area contributed by atoms with E-state index in [4.69, 9.17) is 9.57 Å². The quantitative estimate of drug-likeness (QED) is 0.830. The molecule has 0 saturated heterocycles. The first kappa shape index (κ1) is 17.0.